The van der Waals surface area contributed by atoms with Gasteiger partial charge >= 0.3 is 6.18 Å². The fourth-order valence-electron chi connectivity index (χ4n) is 4.12. The van der Waals surface area contributed by atoms with E-state index in [-0.39, 0.29) is 10.5 Å². The van der Waals surface area contributed by atoms with Gasteiger partial charge < -0.3 is 9.74 Å². The molecule has 0 aromatic heterocycles. The largest absolute Gasteiger partial charge is 0.406 e. The number of aryl methyl sites for hydroxylation is 1. The van der Waals surface area contributed by atoms with E-state index in [0.29, 0.717) is 33.3 Å². The lowest BCUT2D eigenvalue weighted by molar-refractivity contribution is -0.174. The average molecular weight is 542 g/mol. The number of alkyl halides is 3. The monoisotopic (exact) mass is 541 g/mol. The predicted molar refractivity (Wildman–Crippen MR) is 126 cm³/mol. The highest BCUT2D eigenvalue weighted by Crippen LogP contribution is 2.38. The first-order valence-electron chi connectivity index (χ1n) is 10.8. The molecular weight excluding hydrogens is 522 g/mol. The minimum atomic E-state index is -4.72. The fraction of sp³-hybridized carbons (Fsp3) is 0.333. The van der Waals surface area contributed by atoms with E-state index in [4.69, 9.17) is 28.0 Å². The molecular formula is C24H20Cl2F3N3O4. The normalized spacial score (nSPS) is 20.5. The highest BCUT2D eigenvalue weighted by Gasteiger charge is 2.41. The SMILES string of the molecule is Cc1cc(C2=NOC(C)(c3ccc(Cl)c(Cl)c3)C2)ccc1C(=O)N1CC(=O)N(CC(F)(F)F)C(=O)C1. The summed E-state index contributed by atoms with van der Waals surface area (Å²) in [6.45, 7) is 0.621. The first-order valence-corrected chi connectivity index (χ1v) is 11.5. The Morgan fingerprint density at radius 2 is 1.75 bits per heavy atom. The van der Waals surface area contributed by atoms with Crippen LogP contribution in [0.5, 0.6) is 0 Å². The topological polar surface area (TPSA) is 79.3 Å². The van der Waals surface area contributed by atoms with Crippen LogP contribution >= 0.6 is 23.2 Å². The Morgan fingerprint density at radius 3 is 2.33 bits per heavy atom. The summed E-state index contributed by atoms with van der Waals surface area (Å²) in [7, 11) is 0. The molecule has 2 aliphatic rings. The van der Waals surface area contributed by atoms with Gasteiger partial charge in [0.15, 0.2) is 5.60 Å². The van der Waals surface area contributed by atoms with Crippen LogP contribution in [0.2, 0.25) is 10.0 Å². The predicted octanol–water partition coefficient (Wildman–Crippen LogP) is 4.71. The molecule has 1 saturated heterocycles. The van der Waals surface area contributed by atoms with Crippen LogP contribution < -0.4 is 0 Å². The molecule has 2 aromatic carbocycles. The van der Waals surface area contributed by atoms with Gasteiger partial charge in [0.1, 0.15) is 19.6 Å². The number of piperazine rings is 1. The number of imide groups is 1. The van der Waals surface area contributed by atoms with Gasteiger partial charge in [0.25, 0.3) is 5.91 Å². The van der Waals surface area contributed by atoms with Crippen LogP contribution in [0.1, 0.15) is 40.4 Å². The van der Waals surface area contributed by atoms with E-state index in [1.165, 1.54) is 6.07 Å². The van der Waals surface area contributed by atoms with Crippen LogP contribution in [0.4, 0.5) is 13.2 Å². The molecule has 7 nitrogen and oxygen atoms in total. The van der Waals surface area contributed by atoms with Gasteiger partial charge in [-0.15, -0.1) is 0 Å². The molecule has 0 radical (unpaired) electrons. The molecule has 0 saturated carbocycles. The summed E-state index contributed by atoms with van der Waals surface area (Å²) in [6.07, 6.45) is -4.30. The van der Waals surface area contributed by atoms with Crippen LogP contribution in [-0.4, -0.2) is 59.0 Å². The zero-order valence-electron chi connectivity index (χ0n) is 19.2. The molecule has 36 heavy (non-hydrogen) atoms. The van der Waals surface area contributed by atoms with Crippen LogP contribution in [0, 0.1) is 6.92 Å². The van der Waals surface area contributed by atoms with Gasteiger partial charge in [0.05, 0.1) is 15.8 Å². The second kappa shape index (κ2) is 9.40. The molecule has 4 rings (SSSR count). The zero-order valence-corrected chi connectivity index (χ0v) is 20.7. The summed E-state index contributed by atoms with van der Waals surface area (Å²) in [6, 6.07) is 10.1. The Labute approximate surface area is 214 Å². The van der Waals surface area contributed by atoms with Crippen molar-refractivity contribution in [2.45, 2.75) is 32.0 Å². The van der Waals surface area contributed by atoms with E-state index in [2.05, 4.69) is 5.16 Å². The van der Waals surface area contributed by atoms with E-state index in [9.17, 15) is 27.6 Å². The molecule has 3 amide bonds. The van der Waals surface area contributed by atoms with Crippen LogP contribution in [0.25, 0.3) is 0 Å². The van der Waals surface area contributed by atoms with Crippen molar-refractivity contribution in [3.05, 3.63) is 68.7 Å². The van der Waals surface area contributed by atoms with Crippen molar-refractivity contribution >= 4 is 46.6 Å². The Kier molecular flexibility index (Phi) is 6.78. The van der Waals surface area contributed by atoms with Crippen LogP contribution in [0.15, 0.2) is 41.6 Å². The Morgan fingerprint density at radius 1 is 1.08 bits per heavy atom. The molecule has 2 heterocycles. The number of rotatable bonds is 4. The first kappa shape index (κ1) is 26.0. The van der Waals surface area contributed by atoms with Gasteiger partial charge in [0, 0.05) is 12.0 Å². The smallest absolute Gasteiger partial charge is 0.384 e. The van der Waals surface area contributed by atoms with Crippen LogP contribution in [-0.2, 0) is 20.0 Å². The quantitative estimate of drug-likeness (QED) is 0.525. The Hall–Kier alpha value is -3.11. The molecule has 0 N–H and O–H groups in total. The van der Waals surface area contributed by atoms with Gasteiger partial charge in [-0.2, -0.15) is 13.2 Å². The number of hydrogen-bond donors (Lipinski definition) is 0. The molecule has 2 aliphatic heterocycles. The summed E-state index contributed by atoms with van der Waals surface area (Å²) < 4.78 is 37.9. The molecule has 0 bridgehead atoms. The van der Waals surface area contributed by atoms with E-state index in [1.54, 1.807) is 37.3 Å². The van der Waals surface area contributed by atoms with Crippen molar-refractivity contribution in [1.82, 2.24) is 9.80 Å². The first-order chi connectivity index (χ1) is 16.8. The lowest BCUT2D eigenvalue weighted by atomic mass is 9.88. The number of benzene rings is 2. The molecule has 190 valence electrons. The van der Waals surface area contributed by atoms with E-state index >= 15 is 0 Å². The average Bonchev–Trinajstić information content (AvgIpc) is 3.20. The number of nitrogens with zero attached hydrogens (tertiary/aromatic N) is 3. The summed E-state index contributed by atoms with van der Waals surface area (Å²) in [4.78, 5) is 44.0. The van der Waals surface area contributed by atoms with Gasteiger partial charge in [-0.1, -0.05) is 40.5 Å². The second-order valence-corrected chi connectivity index (χ2v) is 9.66. The zero-order chi connectivity index (χ0) is 26.4. The van der Waals surface area contributed by atoms with Gasteiger partial charge in [-0.25, -0.2) is 0 Å². The number of amides is 3. The number of oxime groups is 1. The summed E-state index contributed by atoms with van der Waals surface area (Å²) >= 11 is 12.1. The van der Waals surface area contributed by atoms with E-state index in [1.807, 2.05) is 6.92 Å². The second-order valence-electron chi connectivity index (χ2n) is 8.85. The lowest BCUT2D eigenvalue weighted by Crippen LogP contribution is -2.57. The van der Waals surface area contributed by atoms with Crippen molar-refractivity contribution in [3.8, 4) is 0 Å². The Bertz CT molecular complexity index is 1280. The third-order valence-electron chi connectivity index (χ3n) is 6.06. The standard InChI is InChI=1S/C24H20Cl2F3N3O4/c1-13-7-14(19-9-23(2,36-30-19)15-4-6-17(25)18(26)8-15)3-5-16(13)22(35)31-10-20(33)32(21(34)11-31)12-24(27,28)29/h3-8H,9-12H2,1-2H3. The van der Waals surface area contributed by atoms with Crippen molar-refractivity contribution in [3.63, 3.8) is 0 Å². The van der Waals surface area contributed by atoms with Crippen molar-refractivity contribution < 1.29 is 32.4 Å². The van der Waals surface area contributed by atoms with Crippen molar-refractivity contribution in [2.24, 2.45) is 5.16 Å². The number of halogens is 5. The summed E-state index contributed by atoms with van der Waals surface area (Å²) in [5, 5.41) is 5.02. The fourth-order valence-corrected chi connectivity index (χ4v) is 4.42. The van der Waals surface area contributed by atoms with Crippen molar-refractivity contribution in [2.75, 3.05) is 19.6 Å². The third-order valence-corrected chi connectivity index (χ3v) is 6.80. The maximum absolute atomic E-state index is 13.0. The number of carbonyl (C=O) groups is 3. The summed E-state index contributed by atoms with van der Waals surface area (Å²) in [5.74, 6) is -2.78. The highest BCUT2D eigenvalue weighted by molar-refractivity contribution is 6.42. The molecule has 12 heteroatoms. The maximum Gasteiger partial charge on any atom is 0.406 e. The number of hydrogen-bond acceptors (Lipinski definition) is 5. The summed E-state index contributed by atoms with van der Waals surface area (Å²) in [5.41, 5.74) is 2.12. The molecule has 1 atom stereocenters. The Balaban J connectivity index is 1.48. The molecule has 0 spiro atoms. The minimum absolute atomic E-state index is 0.128. The third kappa shape index (κ3) is 5.19. The lowest BCUT2D eigenvalue weighted by Gasteiger charge is -2.33. The van der Waals surface area contributed by atoms with E-state index < -0.39 is 49.1 Å². The van der Waals surface area contributed by atoms with E-state index in [0.717, 1.165) is 10.5 Å². The molecule has 2 aromatic rings. The minimum Gasteiger partial charge on any atom is -0.384 e. The highest BCUT2D eigenvalue weighted by atomic mass is 35.5. The van der Waals surface area contributed by atoms with Crippen molar-refractivity contribution in [1.29, 1.82) is 0 Å². The van der Waals surface area contributed by atoms with Gasteiger partial charge in [0.2, 0.25) is 11.8 Å². The van der Waals surface area contributed by atoms with Crippen LogP contribution in [0.3, 0.4) is 0 Å². The van der Waals surface area contributed by atoms with Gasteiger partial charge in [-0.3, -0.25) is 19.3 Å². The van der Waals surface area contributed by atoms with Gasteiger partial charge in [-0.05, 0) is 54.8 Å². The number of carbonyl (C=O) groups excluding carboxylic acids is 3. The maximum atomic E-state index is 13.0. The molecule has 0 aliphatic carbocycles. The molecule has 1 fully saturated rings. The molecule has 1 unspecified atom stereocenters.